The molecule has 82 valence electrons. The highest BCUT2D eigenvalue weighted by Gasteiger charge is 1.95. The van der Waals surface area contributed by atoms with E-state index in [0.717, 1.165) is 31.4 Å². The van der Waals surface area contributed by atoms with Crippen LogP contribution in [0.15, 0.2) is 24.4 Å². The molecule has 1 aromatic heterocycles. The van der Waals surface area contributed by atoms with Crippen LogP contribution in [0.4, 0.5) is 4.79 Å². The first-order valence-corrected chi connectivity index (χ1v) is 5.16. The lowest BCUT2D eigenvalue weighted by Gasteiger charge is -2.01. The van der Waals surface area contributed by atoms with Gasteiger partial charge in [0.25, 0.3) is 0 Å². The van der Waals surface area contributed by atoms with Crippen LogP contribution in [0.1, 0.15) is 25.0 Å². The lowest BCUT2D eigenvalue weighted by atomic mass is 10.1. The minimum Gasteiger partial charge on any atom is -0.465 e. The fraction of sp³-hybridized carbons (Fsp3) is 0.455. The van der Waals surface area contributed by atoms with Crippen molar-refractivity contribution in [2.75, 3.05) is 6.54 Å². The maximum absolute atomic E-state index is 10.1. The van der Waals surface area contributed by atoms with Crippen molar-refractivity contribution in [3.8, 4) is 0 Å². The second-order valence-electron chi connectivity index (χ2n) is 3.36. The number of aryl methyl sites for hydroxylation is 1. The van der Waals surface area contributed by atoms with E-state index in [1.165, 1.54) is 0 Å². The number of unbranched alkanes of at least 4 members (excludes halogenated alkanes) is 2. The van der Waals surface area contributed by atoms with Crippen LogP contribution in [0.2, 0.25) is 0 Å². The first-order chi connectivity index (χ1) is 7.29. The van der Waals surface area contributed by atoms with Crippen molar-refractivity contribution in [1.29, 1.82) is 0 Å². The summed E-state index contributed by atoms with van der Waals surface area (Å²) in [5.41, 5.74) is 1.10. The standard InChI is InChI=1S/C11H16N2O2/c14-11(15)13-9-4-1-2-6-10-7-3-5-8-12-10/h3,5,7-8,13H,1-2,4,6,9H2,(H,14,15). The molecule has 0 aliphatic rings. The van der Waals surface area contributed by atoms with Crippen molar-refractivity contribution < 1.29 is 9.90 Å². The highest BCUT2D eigenvalue weighted by atomic mass is 16.4. The van der Waals surface area contributed by atoms with Gasteiger partial charge in [-0.2, -0.15) is 0 Å². The molecule has 0 aliphatic heterocycles. The molecule has 0 aliphatic carbocycles. The predicted octanol–water partition coefficient (Wildman–Crippen LogP) is 2.06. The summed E-state index contributed by atoms with van der Waals surface area (Å²) in [6.07, 6.45) is 4.78. The number of carboxylic acid groups (broad SMARTS) is 1. The molecule has 15 heavy (non-hydrogen) atoms. The van der Waals surface area contributed by atoms with Crippen LogP contribution in [0.5, 0.6) is 0 Å². The smallest absolute Gasteiger partial charge is 0.404 e. The molecule has 0 bridgehead atoms. The van der Waals surface area contributed by atoms with Gasteiger partial charge in [0, 0.05) is 18.4 Å². The van der Waals surface area contributed by atoms with E-state index >= 15 is 0 Å². The lowest BCUT2D eigenvalue weighted by molar-refractivity contribution is 0.194. The summed E-state index contributed by atoms with van der Waals surface area (Å²) in [5, 5.41) is 10.7. The SMILES string of the molecule is O=C(O)NCCCCCc1ccccn1. The van der Waals surface area contributed by atoms with Crippen LogP contribution in [0.3, 0.4) is 0 Å². The maximum Gasteiger partial charge on any atom is 0.404 e. The Kier molecular flexibility index (Phi) is 5.22. The monoisotopic (exact) mass is 208 g/mol. The Bertz CT molecular complexity index is 288. The molecule has 2 N–H and O–H groups in total. The number of nitrogens with one attached hydrogen (secondary N) is 1. The van der Waals surface area contributed by atoms with Gasteiger partial charge in [-0.25, -0.2) is 4.79 Å². The van der Waals surface area contributed by atoms with E-state index in [1.807, 2.05) is 18.2 Å². The minimum absolute atomic E-state index is 0.539. The lowest BCUT2D eigenvalue weighted by Crippen LogP contribution is -2.21. The van der Waals surface area contributed by atoms with E-state index in [-0.39, 0.29) is 0 Å². The predicted molar refractivity (Wildman–Crippen MR) is 57.8 cm³/mol. The molecule has 0 radical (unpaired) electrons. The van der Waals surface area contributed by atoms with E-state index in [9.17, 15) is 4.79 Å². The molecule has 0 aromatic carbocycles. The number of pyridine rings is 1. The van der Waals surface area contributed by atoms with E-state index < -0.39 is 6.09 Å². The van der Waals surface area contributed by atoms with Gasteiger partial charge >= 0.3 is 6.09 Å². The molecule has 0 fully saturated rings. The fourth-order valence-electron chi connectivity index (χ4n) is 1.35. The molecule has 4 nitrogen and oxygen atoms in total. The molecular formula is C11H16N2O2. The molecule has 0 atom stereocenters. The van der Waals surface area contributed by atoms with Crippen molar-refractivity contribution in [2.45, 2.75) is 25.7 Å². The topological polar surface area (TPSA) is 62.2 Å². The second-order valence-corrected chi connectivity index (χ2v) is 3.36. The number of aromatic nitrogens is 1. The molecule has 0 saturated heterocycles. The Morgan fingerprint density at radius 1 is 1.33 bits per heavy atom. The zero-order valence-electron chi connectivity index (χ0n) is 8.65. The van der Waals surface area contributed by atoms with Gasteiger partial charge in [-0.15, -0.1) is 0 Å². The maximum atomic E-state index is 10.1. The second kappa shape index (κ2) is 6.81. The third kappa shape index (κ3) is 5.67. The first-order valence-electron chi connectivity index (χ1n) is 5.16. The zero-order chi connectivity index (χ0) is 10.9. The van der Waals surface area contributed by atoms with Crippen LogP contribution in [0, 0.1) is 0 Å². The van der Waals surface area contributed by atoms with Gasteiger partial charge in [-0.1, -0.05) is 12.5 Å². The van der Waals surface area contributed by atoms with Crippen molar-refractivity contribution in [3.05, 3.63) is 30.1 Å². The van der Waals surface area contributed by atoms with Crippen LogP contribution in [-0.4, -0.2) is 22.7 Å². The normalized spacial score (nSPS) is 9.87. The molecule has 0 saturated carbocycles. The number of nitrogens with zero attached hydrogens (tertiary/aromatic N) is 1. The number of rotatable bonds is 6. The molecule has 1 aromatic rings. The Morgan fingerprint density at radius 2 is 2.20 bits per heavy atom. The Morgan fingerprint density at radius 3 is 2.87 bits per heavy atom. The van der Waals surface area contributed by atoms with Gasteiger partial charge in [0.2, 0.25) is 0 Å². The van der Waals surface area contributed by atoms with Crippen LogP contribution >= 0.6 is 0 Å². The average Bonchev–Trinajstić information content (AvgIpc) is 2.24. The zero-order valence-corrected chi connectivity index (χ0v) is 8.65. The van der Waals surface area contributed by atoms with E-state index in [1.54, 1.807) is 6.20 Å². The fourth-order valence-corrected chi connectivity index (χ4v) is 1.35. The quantitative estimate of drug-likeness (QED) is 0.703. The summed E-state index contributed by atoms with van der Waals surface area (Å²) in [6.45, 7) is 0.539. The third-order valence-electron chi connectivity index (χ3n) is 2.11. The summed E-state index contributed by atoms with van der Waals surface area (Å²) >= 11 is 0. The molecule has 1 heterocycles. The highest BCUT2D eigenvalue weighted by Crippen LogP contribution is 2.02. The summed E-state index contributed by atoms with van der Waals surface area (Å²) in [5.74, 6) is 0. The van der Waals surface area contributed by atoms with Crippen molar-refractivity contribution in [2.24, 2.45) is 0 Å². The summed E-state index contributed by atoms with van der Waals surface area (Å²) in [7, 11) is 0. The molecule has 1 amide bonds. The number of hydrogen-bond acceptors (Lipinski definition) is 2. The van der Waals surface area contributed by atoms with Gasteiger partial charge in [0.15, 0.2) is 0 Å². The Balaban J connectivity index is 2.00. The van der Waals surface area contributed by atoms with Crippen LogP contribution in [0.25, 0.3) is 0 Å². The summed E-state index contributed by atoms with van der Waals surface area (Å²) < 4.78 is 0. The minimum atomic E-state index is -0.945. The van der Waals surface area contributed by atoms with E-state index in [0.29, 0.717) is 6.54 Å². The van der Waals surface area contributed by atoms with Gasteiger partial charge in [0.1, 0.15) is 0 Å². The van der Waals surface area contributed by atoms with Gasteiger partial charge in [0.05, 0.1) is 0 Å². The Labute approximate surface area is 89.3 Å². The van der Waals surface area contributed by atoms with E-state index in [2.05, 4.69) is 10.3 Å². The molecular weight excluding hydrogens is 192 g/mol. The van der Waals surface area contributed by atoms with Crippen molar-refractivity contribution in [3.63, 3.8) is 0 Å². The number of hydrogen-bond donors (Lipinski definition) is 2. The molecule has 4 heteroatoms. The number of carbonyl (C=O) groups is 1. The van der Waals surface area contributed by atoms with Gasteiger partial charge < -0.3 is 10.4 Å². The largest absolute Gasteiger partial charge is 0.465 e. The van der Waals surface area contributed by atoms with Crippen LogP contribution < -0.4 is 5.32 Å². The first kappa shape index (κ1) is 11.5. The summed E-state index contributed by atoms with van der Waals surface area (Å²) in [4.78, 5) is 14.3. The van der Waals surface area contributed by atoms with Gasteiger partial charge in [-0.05, 0) is 31.4 Å². The third-order valence-corrected chi connectivity index (χ3v) is 2.11. The van der Waals surface area contributed by atoms with Gasteiger partial charge in [-0.3, -0.25) is 4.98 Å². The van der Waals surface area contributed by atoms with Crippen molar-refractivity contribution >= 4 is 6.09 Å². The van der Waals surface area contributed by atoms with Crippen LogP contribution in [-0.2, 0) is 6.42 Å². The van der Waals surface area contributed by atoms with E-state index in [4.69, 9.17) is 5.11 Å². The average molecular weight is 208 g/mol. The number of amides is 1. The molecule has 0 unspecified atom stereocenters. The Hall–Kier alpha value is -1.58. The molecule has 1 rings (SSSR count). The van der Waals surface area contributed by atoms with Crippen molar-refractivity contribution in [1.82, 2.24) is 10.3 Å². The highest BCUT2D eigenvalue weighted by molar-refractivity contribution is 5.64. The summed E-state index contributed by atoms with van der Waals surface area (Å²) in [6, 6.07) is 5.89. The molecule has 0 spiro atoms.